The number of rotatable bonds is 3. The Morgan fingerprint density at radius 1 is 1.47 bits per heavy atom. The lowest BCUT2D eigenvalue weighted by Gasteiger charge is -2.38. The van der Waals surface area contributed by atoms with Gasteiger partial charge in [0.05, 0.1) is 0 Å². The lowest BCUT2D eigenvalue weighted by Crippen LogP contribution is -2.48. The Bertz CT molecular complexity index is 412. The molecule has 108 valence electrons. The molecule has 2 rings (SSSR count). The summed E-state index contributed by atoms with van der Waals surface area (Å²) in [6.45, 7) is 3.73. The highest BCUT2D eigenvalue weighted by atomic mass is 35.5. The van der Waals surface area contributed by atoms with Crippen molar-refractivity contribution in [2.75, 3.05) is 6.54 Å². The zero-order valence-electron chi connectivity index (χ0n) is 11.1. The predicted molar refractivity (Wildman–Crippen MR) is 80.4 cm³/mol. The molecule has 1 aromatic rings. The van der Waals surface area contributed by atoms with Crippen LogP contribution in [0.1, 0.15) is 31.7 Å². The molecule has 1 fully saturated rings. The van der Waals surface area contributed by atoms with Crippen LogP contribution in [0.25, 0.3) is 0 Å². The Morgan fingerprint density at radius 2 is 2.21 bits per heavy atom. The summed E-state index contributed by atoms with van der Waals surface area (Å²) in [5.74, 6) is -0.233. The fourth-order valence-corrected chi connectivity index (χ4v) is 2.87. The molecule has 2 unspecified atom stereocenters. The normalized spacial score (nSPS) is 21.8. The molecular formula is C14H21Cl2FN2. The van der Waals surface area contributed by atoms with Crippen LogP contribution >= 0.6 is 24.0 Å². The summed E-state index contributed by atoms with van der Waals surface area (Å²) >= 11 is 6.12. The van der Waals surface area contributed by atoms with Gasteiger partial charge in [0.25, 0.3) is 0 Å². The maximum atomic E-state index is 13.3. The van der Waals surface area contributed by atoms with Gasteiger partial charge in [-0.05, 0) is 50.1 Å². The lowest BCUT2D eigenvalue weighted by atomic mass is 9.96. The number of likely N-dealkylation sites (tertiary alicyclic amines) is 1. The smallest absolute Gasteiger partial charge is 0.123 e. The highest BCUT2D eigenvalue weighted by Crippen LogP contribution is 2.25. The molecule has 1 heterocycles. The van der Waals surface area contributed by atoms with Crippen molar-refractivity contribution < 1.29 is 4.39 Å². The molecule has 0 aliphatic carbocycles. The third-order valence-corrected chi connectivity index (χ3v) is 4.02. The predicted octanol–water partition coefficient (Wildman–Crippen LogP) is 3.60. The summed E-state index contributed by atoms with van der Waals surface area (Å²) in [5.41, 5.74) is 6.88. The third kappa shape index (κ3) is 4.32. The molecule has 5 heteroatoms. The molecule has 0 bridgehead atoms. The quantitative estimate of drug-likeness (QED) is 0.924. The molecule has 0 amide bonds. The molecule has 1 aliphatic rings. The Kier molecular flexibility index (Phi) is 6.54. The third-order valence-electron chi connectivity index (χ3n) is 3.65. The highest BCUT2D eigenvalue weighted by Gasteiger charge is 2.25. The summed E-state index contributed by atoms with van der Waals surface area (Å²) in [6.07, 6.45) is 3.51. The molecule has 19 heavy (non-hydrogen) atoms. The van der Waals surface area contributed by atoms with E-state index in [0.29, 0.717) is 17.6 Å². The van der Waals surface area contributed by atoms with Crippen molar-refractivity contribution in [3.05, 3.63) is 34.6 Å². The van der Waals surface area contributed by atoms with E-state index in [-0.39, 0.29) is 24.3 Å². The van der Waals surface area contributed by atoms with Crippen LogP contribution in [0.5, 0.6) is 0 Å². The van der Waals surface area contributed by atoms with Crippen molar-refractivity contribution in [1.82, 2.24) is 4.90 Å². The highest BCUT2D eigenvalue weighted by molar-refractivity contribution is 6.31. The summed E-state index contributed by atoms with van der Waals surface area (Å²) < 4.78 is 13.3. The van der Waals surface area contributed by atoms with E-state index < -0.39 is 0 Å². The van der Waals surface area contributed by atoms with Crippen molar-refractivity contribution in [3.63, 3.8) is 0 Å². The van der Waals surface area contributed by atoms with Gasteiger partial charge in [-0.25, -0.2) is 4.39 Å². The molecule has 1 saturated heterocycles. The van der Waals surface area contributed by atoms with E-state index in [1.54, 1.807) is 6.07 Å². The largest absolute Gasteiger partial charge is 0.327 e. The van der Waals surface area contributed by atoms with Gasteiger partial charge >= 0.3 is 0 Å². The maximum absolute atomic E-state index is 13.3. The van der Waals surface area contributed by atoms with Gasteiger partial charge in [-0.2, -0.15) is 0 Å². The first-order valence-electron chi connectivity index (χ1n) is 6.51. The van der Waals surface area contributed by atoms with E-state index in [0.717, 1.165) is 18.5 Å². The van der Waals surface area contributed by atoms with E-state index in [9.17, 15) is 4.39 Å². The van der Waals surface area contributed by atoms with Gasteiger partial charge in [0.2, 0.25) is 0 Å². The number of piperidine rings is 1. The van der Waals surface area contributed by atoms with Crippen LogP contribution in [0.4, 0.5) is 4.39 Å². The maximum Gasteiger partial charge on any atom is 0.123 e. The standard InChI is InChI=1S/C14H20ClFN2.ClH/c1-10(17)14-4-2-3-7-18(14)9-11-8-12(16)5-6-13(11)15;/h5-6,8,10,14H,2-4,7,9,17H2,1H3;1H. The van der Waals surface area contributed by atoms with Crippen molar-refractivity contribution in [2.24, 2.45) is 5.73 Å². The Hall–Kier alpha value is -0.350. The minimum absolute atomic E-state index is 0. The first-order valence-corrected chi connectivity index (χ1v) is 6.89. The molecule has 0 spiro atoms. The van der Waals surface area contributed by atoms with Crippen molar-refractivity contribution in [3.8, 4) is 0 Å². The number of halogens is 3. The number of nitrogens with zero attached hydrogens (tertiary/aromatic N) is 1. The monoisotopic (exact) mass is 306 g/mol. The average Bonchev–Trinajstić information content (AvgIpc) is 2.34. The van der Waals surface area contributed by atoms with Crippen molar-refractivity contribution >= 4 is 24.0 Å². The molecule has 2 atom stereocenters. The Balaban J connectivity index is 0.00000180. The van der Waals surface area contributed by atoms with Crippen molar-refractivity contribution in [2.45, 2.75) is 44.8 Å². The second-order valence-electron chi connectivity index (χ2n) is 5.13. The fraction of sp³-hybridized carbons (Fsp3) is 0.571. The molecule has 0 radical (unpaired) electrons. The van der Waals surface area contributed by atoms with Gasteiger partial charge < -0.3 is 5.73 Å². The second-order valence-corrected chi connectivity index (χ2v) is 5.54. The fourth-order valence-electron chi connectivity index (χ4n) is 2.69. The molecule has 1 aromatic carbocycles. The summed E-state index contributed by atoms with van der Waals surface area (Å²) in [4.78, 5) is 2.33. The average molecular weight is 307 g/mol. The van der Waals surface area contributed by atoms with E-state index in [2.05, 4.69) is 4.90 Å². The number of hydrogen-bond donors (Lipinski definition) is 1. The van der Waals surface area contributed by atoms with Crippen LogP contribution in [0, 0.1) is 5.82 Å². The van der Waals surface area contributed by atoms with Crippen molar-refractivity contribution in [1.29, 1.82) is 0 Å². The van der Waals surface area contributed by atoms with Crippen LogP contribution in [0.3, 0.4) is 0 Å². The molecule has 0 aromatic heterocycles. The van der Waals surface area contributed by atoms with E-state index >= 15 is 0 Å². The van der Waals surface area contributed by atoms with E-state index in [1.165, 1.54) is 25.0 Å². The lowest BCUT2D eigenvalue weighted by molar-refractivity contribution is 0.123. The topological polar surface area (TPSA) is 29.3 Å². The van der Waals surface area contributed by atoms with Gasteiger partial charge in [-0.3, -0.25) is 4.90 Å². The summed E-state index contributed by atoms with van der Waals surface area (Å²) in [5, 5.41) is 0.630. The minimum atomic E-state index is -0.233. The van der Waals surface area contributed by atoms with Gasteiger partial charge in [0, 0.05) is 23.7 Å². The number of benzene rings is 1. The summed E-state index contributed by atoms with van der Waals surface area (Å²) in [7, 11) is 0. The first-order chi connectivity index (χ1) is 8.58. The Labute approximate surface area is 125 Å². The molecule has 1 aliphatic heterocycles. The molecule has 2 nitrogen and oxygen atoms in total. The van der Waals surface area contributed by atoms with Crippen LogP contribution in [0.2, 0.25) is 5.02 Å². The minimum Gasteiger partial charge on any atom is -0.327 e. The number of hydrogen-bond acceptors (Lipinski definition) is 2. The van der Waals surface area contributed by atoms with Gasteiger partial charge in [-0.1, -0.05) is 18.0 Å². The van der Waals surface area contributed by atoms with Gasteiger partial charge in [0.15, 0.2) is 0 Å². The van der Waals surface area contributed by atoms with Crippen LogP contribution in [-0.4, -0.2) is 23.5 Å². The van der Waals surface area contributed by atoms with Gasteiger partial charge in [-0.15, -0.1) is 12.4 Å². The Morgan fingerprint density at radius 3 is 2.89 bits per heavy atom. The molecule has 0 saturated carbocycles. The number of nitrogens with two attached hydrogens (primary N) is 1. The summed E-state index contributed by atoms with van der Waals surface area (Å²) in [6, 6.07) is 5.05. The SMILES string of the molecule is CC(N)C1CCCCN1Cc1cc(F)ccc1Cl.Cl. The van der Waals surface area contributed by atoms with E-state index in [4.69, 9.17) is 17.3 Å². The van der Waals surface area contributed by atoms with Crippen LogP contribution in [-0.2, 0) is 6.54 Å². The van der Waals surface area contributed by atoms with Crippen LogP contribution < -0.4 is 5.73 Å². The van der Waals surface area contributed by atoms with Crippen LogP contribution in [0.15, 0.2) is 18.2 Å². The van der Waals surface area contributed by atoms with E-state index in [1.807, 2.05) is 6.92 Å². The molecule has 2 N–H and O–H groups in total. The molecular weight excluding hydrogens is 286 g/mol. The van der Waals surface area contributed by atoms with Gasteiger partial charge in [0.1, 0.15) is 5.82 Å². The second kappa shape index (κ2) is 7.44. The zero-order chi connectivity index (χ0) is 13.1. The zero-order valence-corrected chi connectivity index (χ0v) is 12.7. The first kappa shape index (κ1) is 16.7.